The number of ether oxygens (including phenoxy) is 1. The Bertz CT molecular complexity index is 663. The number of benzene rings is 2. The van der Waals surface area contributed by atoms with Gasteiger partial charge in [0.1, 0.15) is 5.75 Å². The van der Waals surface area contributed by atoms with Crippen molar-refractivity contribution in [2.45, 2.75) is 11.8 Å². The number of anilines is 1. The third kappa shape index (κ3) is 3.26. The molecule has 1 N–H and O–H groups in total. The van der Waals surface area contributed by atoms with E-state index in [1.54, 1.807) is 49.6 Å². The van der Waals surface area contributed by atoms with Crippen molar-refractivity contribution >= 4 is 15.7 Å². The van der Waals surface area contributed by atoms with Gasteiger partial charge in [-0.05, 0) is 48.9 Å². The number of methoxy groups -OCH3 is 1. The lowest BCUT2D eigenvalue weighted by Gasteiger charge is -2.09. The van der Waals surface area contributed by atoms with E-state index >= 15 is 0 Å². The molecule has 0 atom stereocenters. The highest BCUT2D eigenvalue weighted by atomic mass is 32.2. The molecule has 0 saturated carbocycles. The molecule has 0 aliphatic heterocycles. The summed E-state index contributed by atoms with van der Waals surface area (Å²) in [4.78, 5) is 0.253. The molecule has 5 heteroatoms. The van der Waals surface area contributed by atoms with E-state index in [4.69, 9.17) is 4.74 Å². The van der Waals surface area contributed by atoms with Crippen LogP contribution in [-0.4, -0.2) is 15.5 Å². The molecule has 0 heterocycles. The van der Waals surface area contributed by atoms with Gasteiger partial charge in [0.15, 0.2) is 0 Å². The minimum absolute atomic E-state index is 0.253. The van der Waals surface area contributed by atoms with Crippen LogP contribution in [-0.2, 0) is 10.0 Å². The van der Waals surface area contributed by atoms with Crippen molar-refractivity contribution in [1.29, 1.82) is 0 Å². The van der Waals surface area contributed by atoms with E-state index in [2.05, 4.69) is 4.72 Å². The SMILES string of the molecule is COc1ccc(NS(=O)(=O)c2cccc(C)c2)cc1. The molecule has 100 valence electrons. The molecule has 0 aliphatic rings. The summed E-state index contributed by atoms with van der Waals surface area (Å²) in [6.07, 6.45) is 0. The fourth-order valence-corrected chi connectivity index (χ4v) is 2.82. The summed E-state index contributed by atoms with van der Waals surface area (Å²) in [5.74, 6) is 0.679. The second-order valence-corrected chi connectivity index (χ2v) is 5.83. The molecule has 0 unspecified atom stereocenters. The predicted octanol–water partition coefficient (Wildman–Crippen LogP) is 2.80. The molecule has 0 aromatic heterocycles. The fourth-order valence-electron chi connectivity index (χ4n) is 1.66. The second kappa shape index (κ2) is 5.32. The number of sulfonamides is 1. The van der Waals surface area contributed by atoms with E-state index in [1.807, 2.05) is 13.0 Å². The molecular weight excluding hydrogens is 262 g/mol. The monoisotopic (exact) mass is 277 g/mol. The van der Waals surface area contributed by atoms with E-state index < -0.39 is 10.0 Å². The Morgan fingerprint density at radius 1 is 1.05 bits per heavy atom. The van der Waals surface area contributed by atoms with Crippen molar-refractivity contribution in [2.75, 3.05) is 11.8 Å². The standard InChI is InChI=1S/C14H15NO3S/c1-11-4-3-5-14(10-11)19(16,17)15-12-6-8-13(18-2)9-7-12/h3-10,15H,1-2H3. The van der Waals surface area contributed by atoms with Crippen LogP contribution in [0.1, 0.15) is 5.56 Å². The van der Waals surface area contributed by atoms with Crippen LogP contribution in [0.15, 0.2) is 53.4 Å². The summed E-state index contributed by atoms with van der Waals surface area (Å²) < 4.78 is 31.9. The zero-order valence-electron chi connectivity index (χ0n) is 10.8. The Kier molecular flexibility index (Phi) is 3.76. The van der Waals surface area contributed by atoms with Crippen LogP contribution in [0.25, 0.3) is 0 Å². The van der Waals surface area contributed by atoms with Gasteiger partial charge in [-0.25, -0.2) is 8.42 Å². The van der Waals surface area contributed by atoms with E-state index in [0.29, 0.717) is 11.4 Å². The quantitative estimate of drug-likeness (QED) is 0.935. The minimum atomic E-state index is -3.55. The average molecular weight is 277 g/mol. The predicted molar refractivity (Wildman–Crippen MR) is 75.0 cm³/mol. The number of rotatable bonds is 4. The van der Waals surface area contributed by atoms with Crippen LogP contribution in [0.4, 0.5) is 5.69 Å². The van der Waals surface area contributed by atoms with Gasteiger partial charge in [-0.1, -0.05) is 12.1 Å². The molecular formula is C14H15NO3S. The summed E-state index contributed by atoms with van der Waals surface area (Å²) in [6, 6.07) is 13.5. The average Bonchev–Trinajstić information content (AvgIpc) is 2.39. The first kappa shape index (κ1) is 13.4. The summed E-state index contributed by atoms with van der Waals surface area (Å²) >= 11 is 0. The van der Waals surface area contributed by atoms with Crippen molar-refractivity contribution in [1.82, 2.24) is 0 Å². The van der Waals surface area contributed by atoms with Gasteiger partial charge in [0, 0.05) is 5.69 Å². The smallest absolute Gasteiger partial charge is 0.261 e. The molecule has 2 rings (SSSR count). The molecule has 0 amide bonds. The van der Waals surface area contributed by atoms with Gasteiger partial charge >= 0.3 is 0 Å². The van der Waals surface area contributed by atoms with Crippen LogP contribution in [0.2, 0.25) is 0 Å². The maximum absolute atomic E-state index is 12.2. The molecule has 0 saturated heterocycles. The van der Waals surface area contributed by atoms with Gasteiger partial charge in [0.05, 0.1) is 12.0 Å². The van der Waals surface area contributed by atoms with Gasteiger partial charge in [-0.3, -0.25) is 4.72 Å². The lowest BCUT2D eigenvalue weighted by molar-refractivity contribution is 0.415. The molecule has 0 aliphatic carbocycles. The molecule has 4 nitrogen and oxygen atoms in total. The largest absolute Gasteiger partial charge is 0.497 e. The summed E-state index contributed by atoms with van der Waals surface area (Å²) in [5, 5.41) is 0. The first-order valence-electron chi connectivity index (χ1n) is 5.75. The first-order valence-corrected chi connectivity index (χ1v) is 7.23. The van der Waals surface area contributed by atoms with E-state index in [0.717, 1.165) is 5.56 Å². The normalized spacial score (nSPS) is 11.1. The number of aryl methyl sites for hydroxylation is 1. The number of hydrogen-bond acceptors (Lipinski definition) is 3. The minimum Gasteiger partial charge on any atom is -0.497 e. The third-order valence-corrected chi connectivity index (χ3v) is 4.02. The Morgan fingerprint density at radius 3 is 2.32 bits per heavy atom. The van der Waals surface area contributed by atoms with Crippen molar-refractivity contribution in [3.63, 3.8) is 0 Å². The topological polar surface area (TPSA) is 55.4 Å². The van der Waals surface area contributed by atoms with Gasteiger partial charge in [-0.15, -0.1) is 0 Å². The lowest BCUT2D eigenvalue weighted by atomic mass is 10.2. The first-order chi connectivity index (χ1) is 9.01. The summed E-state index contributed by atoms with van der Waals surface area (Å²) in [6.45, 7) is 1.85. The Morgan fingerprint density at radius 2 is 1.74 bits per heavy atom. The van der Waals surface area contributed by atoms with Crippen LogP contribution in [0.3, 0.4) is 0 Å². The number of nitrogens with one attached hydrogen (secondary N) is 1. The maximum atomic E-state index is 12.2. The molecule has 0 spiro atoms. The molecule has 0 fully saturated rings. The van der Waals surface area contributed by atoms with Crippen molar-refractivity contribution in [3.8, 4) is 5.75 Å². The van der Waals surface area contributed by atoms with E-state index in [-0.39, 0.29) is 4.90 Å². The van der Waals surface area contributed by atoms with Gasteiger partial charge < -0.3 is 4.74 Å². The summed E-state index contributed by atoms with van der Waals surface area (Å²) in [5.41, 5.74) is 1.40. The van der Waals surface area contributed by atoms with E-state index in [9.17, 15) is 8.42 Å². The number of hydrogen-bond donors (Lipinski definition) is 1. The Labute approximate surface area is 113 Å². The Balaban J connectivity index is 2.25. The second-order valence-electron chi connectivity index (χ2n) is 4.15. The van der Waals surface area contributed by atoms with Gasteiger partial charge in [-0.2, -0.15) is 0 Å². The van der Waals surface area contributed by atoms with Crippen molar-refractivity contribution in [2.24, 2.45) is 0 Å². The van der Waals surface area contributed by atoms with Gasteiger partial charge in [0.25, 0.3) is 10.0 Å². The Hall–Kier alpha value is -2.01. The maximum Gasteiger partial charge on any atom is 0.261 e. The van der Waals surface area contributed by atoms with Gasteiger partial charge in [0.2, 0.25) is 0 Å². The highest BCUT2D eigenvalue weighted by molar-refractivity contribution is 7.92. The van der Waals surface area contributed by atoms with E-state index in [1.165, 1.54) is 0 Å². The van der Waals surface area contributed by atoms with Crippen LogP contribution >= 0.6 is 0 Å². The van der Waals surface area contributed by atoms with Crippen LogP contribution in [0.5, 0.6) is 5.75 Å². The molecule has 2 aromatic carbocycles. The molecule has 0 bridgehead atoms. The fraction of sp³-hybridized carbons (Fsp3) is 0.143. The highest BCUT2D eigenvalue weighted by Gasteiger charge is 2.13. The third-order valence-electron chi connectivity index (χ3n) is 2.64. The van der Waals surface area contributed by atoms with Crippen molar-refractivity contribution in [3.05, 3.63) is 54.1 Å². The van der Waals surface area contributed by atoms with Crippen LogP contribution < -0.4 is 9.46 Å². The lowest BCUT2D eigenvalue weighted by Crippen LogP contribution is -2.12. The van der Waals surface area contributed by atoms with Crippen LogP contribution in [0, 0.1) is 6.92 Å². The molecule has 0 radical (unpaired) electrons. The molecule has 19 heavy (non-hydrogen) atoms. The highest BCUT2D eigenvalue weighted by Crippen LogP contribution is 2.19. The zero-order chi connectivity index (χ0) is 13.9. The zero-order valence-corrected chi connectivity index (χ0v) is 11.6. The summed E-state index contributed by atoms with van der Waals surface area (Å²) in [7, 11) is -1.98. The molecule has 2 aromatic rings. The van der Waals surface area contributed by atoms with Crippen molar-refractivity contribution < 1.29 is 13.2 Å².